The van der Waals surface area contributed by atoms with Crippen LogP contribution in [-0.2, 0) is 6.54 Å². The molecule has 0 aromatic heterocycles. The Bertz CT molecular complexity index is 449. The molecule has 0 aliphatic carbocycles. The standard InChI is InChI=1S/C15H23FN2O2/c1-4-7-18(9-8-17(2)3)11-12-5-6-13(16)10-14(12)15(19)20/h5-6,10H,4,7-9,11H2,1-3H3,(H,19,20). The molecule has 0 atom stereocenters. The van der Waals surface area contributed by atoms with Crippen molar-refractivity contribution in [3.63, 3.8) is 0 Å². The molecule has 0 bridgehead atoms. The van der Waals surface area contributed by atoms with Crippen LogP contribution in [0.15, 0.2) is 18.2 Å². The minimum atomic E-state index is -1.08. The van der Waals surface area contributed by atoms with E-state index in [4.69, 9.17) is 5.11 Å². The summed E-state index contributed by atoms with van der Waals surface area (Å²) >= 11 is 0. The summed E-state index contributed by atoms with van der Waals surface area (Å²) < 4.78 is 13.2. The van der Waals surface area contributed by atoms with Crippen LogP contribution in [0.4, 0.5) is 4.39 Å². The van der Waals surface area contributed by atoms with Gasteiger partial charge in [-0.15, -0.1) is 0 Å². The maximum atomic E-state index is 13.2. The Labute approximate surface area is 119 Å². The van der Waals surface area contributed by atoms with E-state index < -0.39 is 11.8 Å². The van der Waals surface area contributed by atoms with Crippen LogP contribution in [0.3, 0.4) is 0 Å². The van der Waals surface area contributed by atoms with Crippen molar-refractivity contribution >= 4 is 5.97 Å². The Morgan fingerprint density at radius 2 is 1.95 bits per heavy atom. The summed E-state index contributed by atoms with van der Waals surface area (Å²) in [6, 6.07) is 3.97. The lowest BCUT2D eigenvalue weighted by Crippen LogP contribution is -2.32. The van der Waals surface area contributed by atoms with Crippen LogP contribution in [0.5, 0.6) is 0 Å². The van der Waals surface area contributed by atoms with Crippen LogP contribution in [0.1, 0.15) is 29.3 Å². The summed E-state index contributed by atoms with van der Waals surface area (Å²) in [6.45, 7) is 5.28. The Balaban J connectivity index is 2.84. The van der Waals surface area contributed by atoms with Gasteiger partial charge in [0.25, 0.3) is 0 Å². The summed E-state index contributed by atoms with van der Waals surface area (Å²) in [5.41, 5.74) is 0.710. The van der Waals surface area contributed by atoms with E-state index in [1.807, 2.05) is 14.1 Å². The largest absolute Gasteiger partial charge is 0.478 e. The van der Waals surface area contributed by atoms with Crippen LogP contribution in [0.25, 0.3) is 0 Å². The highest BCUT2D eigenvalue weighted by Gasteiger charge is 2.14. The quantitative estimate of drug-likeness (QED) is 0.794. The van der Waals surface area contributed by atoms with E-state index >= 15 is 0 Å². The number of hydrogen-bond acceptors (Lipinski definition) is 3. The molecule has 20 heavy (non-hydrogen) atoms. The summed E-state index contributed by atoms with van der Waals surface area (Å²) in [4.78, 5) is 15.5. The number of benzene rings is 1. The van der Waals surface area contributed by atoms with Gasteiger partial charge in [-0.1, -0.05) is 13.0 Å². The zero-order chi connectivity index (χ0) is 15.1. The predicted molar refractivity (Wildman–Crippen MR) is 77.5 cm³/mol. The van der Waals surface area contributed by atoms with Crippen molar-refractivity contribution in [1.82, 2.24) is 9.80 Å². The van der Waals surface area contributed by atoms with Gasteiger partial charge in [0.05, 0.1) is 5.56 Å². The van der Waals surface area contributed by atoms with E-state index in [1.54, 1.807) is 6.07 Å². The normalized spacial score (nSPS) is 11.3. The molecule has 0 spiro atoms. The molecule has 0 radical (unpaired) electrons. The first-order chi connectivity index (χ1) is 9.43. The zero-order valence-electron chi connectivity index (χ0n) is 12.4. The van der Waals surface area contributed by atoms with Crippen molar-refractivity contribution < 1.29 is 14.3 Å². The smallest absolute Gasteiger partial charge is 0.336 e. The van der Waals surface area contributed by atoms with Crippen molar-refractivity contribution in [3.05, 3.63) is 35.1 Å². The van der Waals surface area contributed by atoms with Gasteiger partial charge in [0.2, 0.25) is 0 Å². The summed E-state index contributed by atoms with van der Waals surface area (Å²) in [7, 11) is 4.01. The Kier molecular flexibility index (Phi) is 6.61. The van der Waals surface area contributed by atoms with Gasteiger partial charge in [0.15, 0.2) is 0 Å². The molecule has 0 amide bonds. The van der Waals surface area contributed by atoms with Gasteiger partial charge in [0.1, 0.15) is 5.82 Å². The summed E-state index contributed by atoms with van der Waals surface area (Å²) in [6.07, 6.45) is 0.997. The lowest BCUT2D eigenvalue weighted by molar-refractivity contribution is 0.0693. The molecule has 112 valence electrons. The van der Waals surface area contributed by atoms with Gasteiger partial charge in [-0.05, 0) is 44.8 Å². The molecule has 5 heteroatoms. The first-order valence-electron chi connectivity index (χ1n) is 6.82. The van der Waals surface area contributed by atoms with Gasteiger partial charge in [-0.2, -0.15) is 0 Å². The number of likely N-dealkylation sites (N-methyl/N-ethyl adjacent to an activating group) is 1. The molecule has 0 saturated carbocycles. The van der Waals surface area contributed by atoms with E-state index in [0.29, 0.717) is 12.1 Å². The average molecular weight is 282 g/mol. The van der Waals surface area contributed by atoms with Crippen LogP contribution in [0.2, 0.25) is 0 Å². The van der Waals surface area contributed by atoms with Crippen LogP contribution < -0.4 is 0 Å². The number of aromatic carboxylic acids is 1. The second-order valence-electron chi connectivity index (χ2n) is 5.19. The van der Waals surface area contributed by atoms with E-state index in [1.165, 1.54) is 6.07 Å². The number of nitrogens with zero attached hydrogens (tertiary/aromatic N) is 2. The molecule has 0 aliphatic rings. The van der Waals surface area contributed by atoms with Gasteiger partial charge in [-0.25, -0.2) is 9.18 Å². The molecule has 0 saturated heterocycles. The number of carbonyl (C=O) groups is 1. The number of carboxylic acid groups (broad SMARTS) is 1. The van der Waals surface area contributed by atoms with Gasteiger partial charge in [0, 0.05) is 19.6 Å². The van der Waals surface area contributed by atoms with Crippen molar-refractivity contribution in [1.29, 1.82) is 0 Å². The van der Waals surface area contributed by atoms with Gasteiger partial charge >= 0.3 is 5.97 Å². The Morgan fingerprint density at radius 1 is 1.25 bits per heavy atom. The molecule has 0 fully saturated rings. The Hall–Kier alpha value is -1.46. The van der Waals surface area contributed by atoms with E-state index in [9.17, 15) is 9.18 Å². The number of halogens is 1. The first-order valence-corrected chi connectivity index (χ1v) is 6.82. The monoisotopic (exact) mass is 282 g/mol. The predicted octanol–water partition coefficient (Wildman–Crippen LogP) is 2.30. The maximum absolute atomic E-state index is 13.2. The SMILES string of the molecule is CCCN(CCN(C)C)Cc1ccc(F)cc1C(=O)O. The third-order valence-electron chi connectivity index (χ3n) is 3.10. The lowest BCUT2D eigenvalue weighted by Gasteiger charge is -2.24. The Morgan fingerprint density at radius 3 is 2.50 bits per heavy atom. The highest BCUT2D eigenvalue weighted by Crippen LogP contribution is 2.14. The third-order valence-corrected chi connectivity index (χ3v) is 3.10. The van der Waals surface area contributed by atoms with Crippen molar-refractivity contribution in [2.45, 2.75) is 19.9 Å². The van der Waals surface area contributed by atoms with Crippen LogP contribution >= 0.6 is 0 Å². The number of rotatable bonds is 8. The fourth-order valence-corrected chi connectivity index (χ4v) is 2.05. The van der Waals surface area contributed by atoms with Crippen LogP contribution in [0, 0.1) is 5.82 Å². The summed E-state index contributed by atoms with van der Waals surface area (Å²) in [5.74, 6) is -1.59. The second kappa shape index (κ2) is 7.97. The topological polar surface area (TPSA) is 43.8 Å². The molecule has 1 aromatic rings. The first kappa shape index (κ1) is 16.6. The zero-order valence-corrected chi connectivity index (χ0v) is 12.4. The minimum Gasteiger partial charge on any atom is -0.478 e. The fourth-order valence-electron chi connectivity index (χ4n) is 2.05. The highest BCUT2D eigenvalue weighted by atomic mass is 19.1. The second-order valence-corrected chi connectivity index (χ2v) is 5.19. The molecule has 4 nitrogen and oxygen atoms in total. The molecular weight excluding hydrogens is 259 g/mol. The van der Waals surface area contributed by atoms with Crippen molar-refractivity contribution in [2.75, 3.05) is 33.7 Å². The lowest BCUT2D eigenvalue weighted by atomic mass is 10.1. The minimum absolute atomic E-state index is 0.0518. The molecule has 1 N–H and O–H groups in total. The highest BCUT2D eigenvalue weighted by molar-refractivity contribution is 5.89. The molecular formula is C15H23FN2O2. The number of hydrogen-bond donors (Lipinski definition) is 1. The third kappa shape index (κ3) is 5.27. The van der Waals surface area contributed by atoms with Gasteiger partial charge < -0.3 is 10.0 Å². The maximum Gasteiger partial charge on any atom is 0.336 e. The van der Waals surface area contributed by atoms with E-state index in [2.05, 4.69) is 16.7 Å². The van der Waals surface area contributed by atoms with E-state index in [0.717, 1.165) is 32.1 Å². The summed E-state index contributed by atoms with van der Waals surface area (Å²) in [5, 5.41) is 9.16. The molecule has 0 aliphatic heterocycles. The van der Waals surface area contributed by atoms with E-state index in [-0.39, 0.29) is 5.56 Å². The van der Waals surface area contributed by atoms with Gasteiger partial charge in [-0.3, -0.25) is 4.90 Å². The van der Waals surface area contributed by atoms with Crippen molar-refractivity contribution in [2.24, 2.45) is 0 Å². The average Bonchev–Trinajstić information content (AvgIpc) is 2.37. The molecule has 0 heterocycles. The molecule has 0 unspecified atom stereocenters. The fraction of sp³-hybridized carbons (Fsp3) is 0.533. The molecule has 1 aromatic carbocycles. The van der Waals surface area contributed by atoms with Crippen molar-refractivity contribution in [3.8, 4) is 0 Å². The molecule has 1 rings (SSSR count). The van der Waals surface area contributed by atoms with Crippen LogP contribution in [-0.4, -0.2) is 54.6 Å². The number of carboxylic acids is 1.